The van der Waals surface area contributed by atoms with Crippen LogP contribution in [0.3, 0.4) is 0 Å². The first kappa shape index (κ1) is 13.8. The van der Waals surface area contributed by atoms with Gasteiger partial charge in [0.2, 0.25) is 0 Å². The fourth-order valence-electron chi connectivity index (χ4n) is 3.42. The van der Waals surface area contributed by atoms with Crippen molar-refractivity contribution in [2.24, 2.45) is 0 Å². The fraction of sp³-hybridized carbons (Fsp3) is 0.150. The highest BCUT2D eigenvalue weighted by Crippen LogP contribution is 2.34. The van der Waals surface area contributed by atoms with Crippen LogP contribution in [0.15, 0.2) is 53.1 Å². The lowest BCUT2D eigenvalue weighted by molar-refractivity contribution is 0.101. The molecule has 2 aromatic carbocycles. The lowest BCUT2D eigenvalue weighted by atomic mass is 10.1. The van der Waals surface area contributed by atoms with E-state index in [-0.39, 0.29) is 5.78 Å². The number of Topliss-reactive ketones (excluding diaryl/α,β-unsaturated/α-hetero) is 1. The van der Waals surface area contributed by atoms with Crippen molar-refractivity contribution >= 4 is 27.7 Å². The maximum atomic E-state index is 12.2. The Bertz CT molecular complexity index is 1050. The zero-order valence-electron chi connectivity index (χ0n) is 13.4. The smallest absolute Gasteiger partial charge is 0.162 e. The third kappa shape index (κ3) is 1.93. The normalized spacial score (nSPS) is 11.4. The second kappa shape index (κ2) is 4.85. The molecule has 0 bridgehead atoms. The average Bonchev–Trinajstić information content (AvgIpc) is 3.03. The Morgan fingerprint density at radius 1 is 1.04 bits per heavy atom. The van der Waals surface area contributed by atoms with Crippen molar-refractivity contribution in [1.29, 1.82) is 0 Å². The Balaban J connectivity index is 2.20. The van der Waals surface area contributed by atoms with Crippen LogP contribution in [0.1, 0.15) is 28.5 Å². The van der Waals surface area contributed by atoms with Crippen LogP contribution in [0.2, 0.25) is 0 Å². The number of furan rings is 1. The number of carbonyl (C=O) groups excluding carboxylic acids is 1. The van der Waals surface area contributed by atoms with Crippen LogP contribution in [-0.4, -0.2) is 10.4 Å². The van der Waals surface area contributed by atoms with Crippen LogP contribution in [0, 0.1) is 13.8 Å². The summed E-state index contributed by atoms with van der Waals surface area (Å²) in [7, 11) is 0. The van der Waals surface area contributed by atoms with Gasteiger partial charge in [-0.2, -0.15) is 0 Å². The predicted molar refractivity (Wildman–Crippen MR) is 92.5 cm³/mol. The first-order valence-electron chi connectivity index (χ1n) is 7.67. The van der Waals surface area contributed by atoms with E-state index in [1.54, 1.807) is 13.2 Å². The summed E-state index contributed by atoms with van der Waals surface area (Å²) in [4.78, 5) is 12.2. The van der Waals surface area contributed by atoms with E-state index >= 15 is 0 Å². The number of hydrogen-bond donors (Lipinski definition) is 0. The van der Waals surface area contributed by atoms with Crippen LogP contribution in [0.25, 0.3) is 27.6 Å². The quantitative estimate of drug-likeness (QED) is 0.477. The molecular weight excluding hydrogens is 286 g/mol. The summed E-state index contributed by atoms with van der Waals surface area (Å²) in [5.74, 6) is 0.0739. The Hall–Kier alpha value is -2.81. The minimum Gasteiger partial charge on any atom is -0.464 e. The van der Waals surface area contributed by atoms with Crippen LogP contribution in [-0.2, 0) is 0 Å². The molecule has 4 rings (SSSR count). The number of nitrogens with zero attached hydrogens (tertiary/aromatic N) is 1. The number of benzene rings is 2. The second-order valence-corrected chi connectivity index (χ2v) is 5.97. The van der Waals surface area contributed by atoms with Gasteiger partial charge in [-0.15, -0.1) is 0 Å². The van der Waals surface area contributed by atoms with E-state index in [0.29, 0.717) is 0 Å². The molecule has 0 fully saturated rings. The molecule has 0 spiro atoms. The number of rotatable bonds is 2. The van der Waals surface area contributed by atoms with Gasteiger partial charge in [-0.3, -0.25) is 4.79 Å². The molecule has 2 heterocycles. The molecule has 0 saturated heterocycles. The molecule has 0 N–H and O–H groups in total. The molecule has 0 saturated carbocycles. The van der Waals surface area contributed by atoms with E-state index in [1.807, 2.05) is 38.1 Å². The zero-order valence-corrected chi connectivity index (χ0v) is 13.4. The molecule has 0 amide bonds. The van der Waals surface area contributed by atoms with Crippen molar-refractivity contribution < 1.29 is 9.21 Å². The van der Waals surface area contributed by atoms with E-state index in [4.69, 9.17) is 4.42 Å². The largest absolute Gasteiger partial charge is 0.464 e. The molecule has 3 nitrogen and oxygen atoms in total. The van der Waals surface area contributed by atoms with Crippen molar-refractivity contribution in [2.75, 3.05) is 0 Å². The van der Waals surface area contributed by atoms with E-state index in [9.17, 15) is 4.79 Å². The summed E-state index contributed by atoms with van der Waals surface area (Å²) in [5.41, 5.74) is 5.75. The van der Waals surface area contributed by atoms with Gasteiger partial charge in [0.15, 0.2) is 5.78 Å². The molecule has 3 heteroatoms. The summed E-state index contributed by atoms with van der Waals surface area (Å²) in [6, 6.07) is 14.2. The molecular formula is C20H17NO2. The molecule has 0 atom stereocenters. The molecule has 0 radical (unpaired) electrons. The van der Waals surface area contributed by atoms with Gasteiger partial charge in [0.1, 0.15) is 5.58 Å². The molecule has 2 aromatic heterocycles. The van der Waals surface area contributed by atoms with Crippen LogP contribution >= 0.6 is 0 Å². The highest BCUT2D eigenvalue weighted by molar-refractivity contribution is 6.11. The highest BCUT2D eigenvalue weighted by Gasteiger charge is 2.20. The van der Waals surface area contributed by atoms with Gasteiger partial charge in [-0.05, 0) is 50.6 Å². The first-order chi connectivity index (χ1) is 11.1. The second-order valence-electron chi connectivity index (χ2n) is 5.97. The summed E-state index contributed by atoms with van der Waals surface area (Å²) in [6.07, 6.45) is 1.76. The van der Waals surface area contributed by atoms with Crippen molar-refractivity contribution in [3.63, 3.8) is 0 Å². The SMILES string of the molecule is CC(=O)c1c(C)n(-c2ccccc2)c2cc3c(C)coc3cc12. The number of fused-ring (bicyclic) bond motifs is 2. The molecule has 4 aromatic rings. The van der Waals surface area contributed by atoms with Gasteiger partial charge in [-0.25, -0.2) is 0 Å². The lowest BCUT2D eigenvalue weighted by Gasteiger charge is -2.08. The van der Waals surface area contributed by atoms with Gasteiger partial charge in [0, 0.05) is 27.7 Å². The van der Waals surface area contributed by atoms with Crippen LogP contribution in [0.5, 0.6) is 0 Å². The number of ketones is 1. The molecule has 0 aliphatic rings. The Kier molecular flexibility index (Phi) is 2.91. The van der Waals surface area contributed by atoms with Crippen LogP contribution in [0.4, 0.5) is 0 Å². The van der Waals surface area contributed by atoms with E-state index < -0.39 is 0 Å². The third-order valence-electron chi connectivity index (χ3n) is 4.46. The number of para-hydroxylation sites is 1. The maximum absolute atomic E-state index is 12.2. The Morgan fingerprint density at radius 3 is 2.48 bits per heavy atom. The van der Waals surface area contributed by atoms with Crippen molar-refractivity contribution in [1.82, 2.24) is 4.57 Å². The highest BCUT2D eigenvalue weighted by atomic mass is 16.3. The molecule has 23 heavy (non-hydrogen) atoms. The predicted octanol–water partition coefficient (Wildman–Crippen LogP) is 5.20. The summed E-state index contributed by atoms with van der Waals surface area (Å²) < 4.78 is 7.78. The van der Waals surface area contributed by atoms with E-state index in [1.165, 1.54) is 0 Å². The zero-order chi connectivity index (χ0) is 16.1. The first-order valence-corrected chi connectivity index (χ1v) is 7.67. The van der Waals surface area contributed by atoms with Gasteiger partial charge in [0.05, 0.1) is 11.8 Å². The fourth-order valence-corrected chi connectivity index (χ4v) is 3.42. The summed E-state index contributed by atoms with van der Waals surface area (Å²) in [5, 5.41) is 2.03. The van der Waals surface area contributed by atoms with Gasteiger partial charge in [0.25, 0.3) is 0 Å². The van der Waals surface area contributed by atoms with Crippen molar-refractivity contribution in [3.8, 4) is 5.69 Å². The van der Waals surface area contributed by atoms with E-state index in [2.05, 4.69) is 22.8 Å². The van der Waals surface area contributed by atoms with E-state index in [0.717, 1.165) is 44.4 Å². The number of aromatic nitrogens is 1. The maximum Gasteiger partial charge on any atom is 0.162 e. The minimum absolute atomic E-state index is 0.0739. The van der Waals surface area contributed by atoms with Crippen molar-refractivity contribution in [3.05, 3.63) is 65.5 Å². The van der Waals surface area contributed by atoms with Crippen molar-refractivity contribution in [2.45, 2.75) is 20.8 Å². The van der Waals surface area contributed by atoms with Gasteiger partial charge in [-0.1, -0.05) is 18.2 Å². The minimum atomic E-state index is 0.0739. The Labute approximate surface area is 134 Å². The topological polar surface area (TPSA) is 35.1 Å². The van der Waals surface area contributed by atoms with Gasteiger partial charge >= 0.3 is 0 Å². The molecule has 0 aliphatic heterocycles. The summed E-state index contributed by atoms with van der Waals surface area (Å²) in [6.45, 7) is 5.65. The molecule has 0 aliphatic carbocycles. The Morgan fingerprint density at radius 2 is 1.78 bits per heavy atom. The van der Waals surface area contributed by atoms with Crippen LogP contribution < -0.4 is 0 Å². The number of carbonyl (C=O) groups is 1. The lowest BCUT2D eigenvalue weighted by Crippen LogP contribution is -1.99. The molecule has 114 valence electrons. The van der Waals surface area contributed by atoms with Gasteiger partial charge < -0.3 is 8.98 Å². The number of aryl methyl sites for hydroxylation is 1. The standard InChI is InChI=1S/C20H17NO2/c1-12-11-23-19-10-17-18(9-16(12)19)21(13(2)20(17)14(3)22)15-7-5-4-6-8-15/h4-11H,1-3H3. The monoisotopic (exact) mass is 303 g/mol. The third-order valence-corrected chi connectivity index (χ3v) is 4.46. The molecule has 0 unspecified atom stereocenters. The summed E-state index contributed by atoms with van der Waals surface area (Å²) >= 11 is 0. The number of hydrogen-bond acceptors (Lipinski definition) is 2. The average molecular weight is 303 g/mol.